The highest BCUT2D eigenvalue weighted by atomic mass is 31.1. The third-order valence-corrected chi connectivity index (χ3v) is 20.2. The van der Waals surface area contributed by atoms with E-state index in [-0.39, 0.29) is 10.8 Å². The van der Waals surface area contributed by atoms with Crippen LogP contribution in [0.1, 0.15) is 94.5 Å². The molecule has 0 unspecified atom stereocenters. The van der Waals surface area contributed by atoms with Gasteiger partial charge in [-0.05, 0) is 230 Å². The number of fused-ring (bicyclic) bond motifs is 9. The van der Waals surface area contributed by atoms with E-state index in [2.05, 4.69) is 326 Å². The maximum Gasteiger partial charge on any atom is 0.0465 e. The summed E-state index contributed by atoms with van der Waals surface area (Å²) in [4.78, 5) is 4.81. The normalized spacial score (nSPS) is 13.6. The average Bonchev–Trinajstić information content (AvgIpc) is 2.88. The summed E-state index contributed by atoms with van der Waals surface area (Å²) in [6.45, 7) is 18.2. The van der Waals surface area contributed by atoms with E-state index in [1.807, 2.05) is 0 Å². The highest BCUT2D eigenvalue weighted by Gasteiger charge is 2.38. The van der Waals surface area contributed by atoms with Crippen LogP contribution in [0.15, 0.2) is 237 Å². The zero-order valence-corrected chi connectivity index (χ0v) is 49.6. The molecular weight excluding hydrogens is 1020 g/mol. The lowest BCUT2D eigenvalue weighted by Gasteiger charge is -2.28. The van der Waals surface area contributed by atoms with Crippen LogP contribution in [0.2, 0.25) is 0 Å². The Hall–Kier alpha value is -9.20. The maximum absolute atomic E-state index is 2.43. The first kappa shape index (κ1) is 51.9. The van der Waals surface area contributed by atoms with Crippen molar-refractivity contribution in [2.24, 2.45) is 0 Å². The molecular formula is C80H67N2P. The molecule has 12 aromatic rings. The third kappa shape index (κ3) is 9.23. The molecule has 0 amide bonds. The molecule has 3 heteroatoms. The number of rotatable bonds is 11. The molecule has 0 N–H and O–H groups in total. The van der Waals surface area contributed by atoms with E-state index < -0.39 is 7.53 Å². The largest absolute Gasteiger partial charge is 0.310 e. The van der Waals surface area contributed by atoms with Crippen LogP contribution in [-0.4, -0.2) is 0 Å². The van der Waals surface area contributed by atoms with E-state index in [1.165, 1.54) is 127 Å². The molecule has 0 bridgehead atoms. The van der Waals surface area contributed by atoms with Gasteiger partial charge in [-0.15, -0.1) is 0 Å². The summed E-state index contributed by atoms with van der Waals surface area (Å²) in [5.41, 5.74) is 27.1. The summed E-state index contributed by atoms with van der Waals surface area (Å²) >= 11 is 0. The highest BCUT2D eigenvalue weighted by molar-refractivity contribution is 7.67. The van der Waals surface area contributed by atoms with E-state index in [1.54, 1.807) is 0 Å². The Balaban J connectivity index is 0.763. The second-order valence-corrected chi connectivity index (χ2v) is 26.4. The molecule has 0 saturated carbocycles. The Labute approximate surface area is 491 Å². The van der Waals surface area contributed by atoms with Crippen LogP contribution >= 0.6 is 7.53 Å². The van der Waals surface area contributed by atoms with Gasteiger partial charge in [0.1, 0.15) is 0 Å². The summed E-state index contributed by atoms with van der Waals surface area (Å²) in [7, 11) is -0.704. The minimum Gasteiger partial charge on any atom is -0.310 e. The van der Waals surface area contributed by atoms with Gasteiger partial charge in [0.05, 0.1) is 0 Å². The van der Waals surface area contributed by atoms with Crippen LogP contribution in [0.4, 0.5) is 34.1 Å². The first-order chi connectivity index (χ1) is 40.2. The number of anilines is 6. The fourth-order valence-electron chi connectivity index (χ4n) is 13.4. The lowest BCUT2D eigenvalue weighted by Crippen LogP contribution is -2.16. The fraction of sp³-hybridized carbons (Fsp3) is 0.125. The van der Waals surface area contributed by atoms with Gasteiger partial charge in [-0.3, -0.25) is 0 Å². The van der Waals surface area contributed by atoms with E-state index in [0.29, 0.717) is 0 Å². The van der Waals surface area contributed by atoms with Gasteiger partial charge in [-0.2, -0.15) is 0 Å². The van der Waals surface area contributed by atoms with E-state index >= 15 is 0 Å². The van der Waals surface area contributed by atoms with Crippen molar-refractivity contribution >= 4 is 87.0 Å². The average molecular weight is 1090 g/mol. The molecule has 0 spiro atoms. The molecule has 0 saturated heterocycles. The molecule has 1 heterocycles. The first-order valence-corrected chi connectivity index (χ1v) is 30.5. The Kier molecular flexibility index (Phi) is 12.7. The van der Waals surface area contributed by atoms with Crippen LogP contribution in [-0.2, 0) is 10.8 Å². The van der Waals surface area contributed by atoms with Crippen molar-refractivity contribution < 1.29 is 0 Å². The summed E-state index contributed by atoms with van der Waals surface area (Å²) in [5, 5.41) is 6.89. The maximum atomic E-state index is 2.43. The van der Waals surface area contributed by atoms with Crippen LogP contribution in [0, 0.1) is 27.7 Å². The Morgan fingerprint density at radius 2 is 0.602 bits per heavy atom. The summed E-state index contributed by atoms with van der Waals surface area (Å²) in [6.07, 6.45) is 9.23. The quantitative estimate of drug-likeness (QED) is 0.119. The molecule has 2 aliphatic rings. The number of hydrogen-bond donors (Lipinski definition) is 0. The Morgan fingerprint density at radius 3 is 0.964 bits per heavy atom. The van der Waals surface area contributed by atoms with Gasteiger partial charge in [-0.25, -0.2) is 0 Å². The predicted molar refractivity (Wildman–Crippen MR) is 360 cm³/mol. The van der Waals surface area contributed by atoms with Crippen LogP contribution in [0.3, 0.4) is 0 Å². The smallest absolute Gasteiger partial charge is 0.0465 e. The van der Waals surface area contributed by atoms with Gasteiger partial charge in [0, 0.05) is 55.2 Å². The summed E-state index contributed by atoms with van der Waals surface area (Å²) in [5.74, 6) is 0. The van der Waals surface area contributed by atoms with Crippen molar-refractivity contribution in [2.45, 2.75) is 66.2 Å². The highest BCUT2D eigenvalue weighted by Crippen LogP contribution is 2.57. The van der Waals surface area contributed by atoms with Gasteiger partial charge in [0.25, 0.3) is 0 Å². The molecule has 2 nitrogen and oxygen atoms in total. The molecule has 1 aromatic heterocycles. The Morgan fingerprint density at radius 1 is 0.289 bits per heavy atom. The molecule has 0 atom stereocenters. The van der Waals surface area contributed by atoms with Gasteiger partial charge in [0.15, 0.2) is 0 Å². The summed E-state index contributed by atoms with van der Waals surface area (Å²) < 4.78 is 0. The Bertz CT molecular complexity index is 4260. The van der Waals surface area contributed by atoms with Gasteiger partial charge in [-0.1, -0.05) is 199 Å². The van der Waals surface area contributed by atoms with Crippen molar-refractivity contribution in [1.82, 2.24) is 0 Å². The number of nitrogens with zero attached hydrogens (tertiary/aromatic N) is 2. The van der Waals surface area contributed by atoms with Crippen LogP contribution in [0.25, 0.3) is 72.9 Å². The van der Waals surface area contributed by atoms with Crippen molar-refractivity contribution in [3.05, 3.63) is 303 Å². The van der Waals surface area contributed by atoms with Crippen molar-refractivity contribution in [3.8, 4) is 27.6 Å². The standard InChI is InChI=1S/C80H67N2P/c1-52-16-12-20-60(42-52)81(61-21-13-17-53(2)43-61)64-34-38-69-67-36-30-58(48-73(67)79(5,6)75(69)50-64)28-26-56-32-40-77-71(46-56)72-47-57(33-41-78(72)83(77)66-24-10-9-11-25-66)27-29-59-31-37-68-70-39-35-65(51-76(70)80(7,8)74(68)49-59)82(62-22-14-18-54(3)44-62)63-23-15-19-55(4)45-63/h9-51H,1-8H3/b28-26+,29-27+. The molecule has 11 aromatic carbocycles. The molecule has 2 aliphatic carbocycles. The van der Waals surface area contributed by atoms with Crippen molar-refractivity contribution in [1.29, 1.82) is 0 Å². The second-order valence-electron chi connectivity index (χ2n) is 24.2. The number of aryl methyl sites for hydroxylation is 4. The minimum atomic E-state index is -0.704. The zero-order chi connectivity index (χ0) is 56.7. The van der Waals surface area contributed by atoms with Crippen LogP contribution in [0.5, 0.6) is 0 Å². The summed E-state index contributed by atoms with van der Waals surface area (Å²) in [6, 6.07) is 89.0. The number of benzene rings is 11. The van der Waals surface area contributed by atoms with E-state index in [0.717, 1.165) is 22.7 Å². The van der Waals surface area contributed by atoms with Crippen LogP contribution < -0.4 is 9.80 Å². The monoisotopic (exact) mass is 1090 g/mol. The fourth-order valence-corrected chi connectivity index (χ4v) is 16.0. The minimum absolute atomic E-state index is 0.186. The molecule has 0 fully saturated rings. The van der Waals surface area contributed by atoms with Gasteiger partial charge >= 0.3 is 0 Å². The zero-order valence-electron chi connectivity index (χ0n) is 48.7. The molecule has 0 aliphatic heterocycles. The molecule has 0 radical (unpaired) electrons. The second kappa shape index (κ2) is 20.4. The predicted octanol–water partition coefficient (Wildman–Crippen LogP) is 23.1. The van der Waals surface area contributed by atoms with Crippen molar-refractivity contribution in [2.75, 3.05) is 9.80 Å². The molecule has 14 rings (SSSR count). The van der Waals surface area contributed by atoms with Gasteiger partial charge < -0.3 is 9.80 Å². The van der Waals surface area contributed by atoms with E-state index in [9.17, 15) is 0 Å². The van der Waals surface area contributed by atoms with Gasteiger partial charge in [0.2, 0.25) is 0 Å². The van der Waals surface area contributed by atoms with Crippen molar-refractivity contribution in [3.63, 3.8) is 0 Å². The molecule has 83 heavy (non-hydrogen) atoms. The lowest BCUT2D eigenvalue weighted by atomic mass is 9.81. The SMILES string of the molecule is Cc1cccc(N(c2cccc(C)c2)c2ccc3c(c2)C(C)(C)c2cc(/C=C/c4ccc5c(c4)c4cc(/C=C/c6ccc7c(c6)C(C)(C)c6cc(N(c8cccc(C)c8)c8cccc(C)c8)ccc6-7)ccc4p5-c4ccccc4)ccc2-3)c1. The third-order valence-electron chi connectivity index (χ3n) is 17.7. The first-order valence-electron chi connectivity index (χ1n) is 29.2. The lowest BCUT2D eigenvalue weighted by molar-refractivity contribution is 0.660. The number of hydrogen-bond acceptors (Lipinski definition) is 2. The topological polar surface area (TPSA) is 6.48 Å². The molecule has 402 valence electrons. The van der Waals surface area contributed by atoms with E-state index in [4.69, 9.17) is 0 Å².